The molecule has 0 spiro atoms. The van der Waals surface area contributed by atoms with E-state index >= 15 is 0 Å². The van der Waals surface area contributed by atoms with Crippen LogP contribution in [0.5, 0.6) is 0 Å². The summed E-state index contributed by atoms with van der Waals surface area (Å²) in [6.45, 7) is 4.37. The fourth-order valence-corrected chi connectivity index (χ4v) is 7.25. The van der Waals surface area contributed by atoms with Crippen LogP contribution in [0, 0.1) is 5.92 Å². The monoisotopic (exact) mass is 718 g/mol. The second kappa shape index (κ2) is 17.6. The van der Waals surface area contributed by atoms with E-state index in [0.717, 1.165) is 26.7 Å². The number of amides is 4. The highest BCUT2D eigenvalue weighted by Crippen LogP contribution is 2.43. The van der Waals surface area contributed by atoms with E-state index in [2.05, 4.69) is 39.8 Å². The third-order valence-corrected chi connectivity index (χ3v) is 10.8. The van der Waals surface area contributed by atoms with Crippen molar-refractivity contribution in [2.24, 2.45) is 5.92 Å². The van der Waals surface area contributed by atoms with Gasteiger partial charge in [-0.15, -0.1) is 22.7 Å². The molecular weight excluding hydrogens is 673 g/mol. The Hall–Kier alpha value is -4.33. The van der Waals surface area contributed by atoms with E-state index in [1.165, 1.54) is 16.2 Å². The number of aliphatic hydroxyl groups excluding tert-OH is 1. The molecule has 2 aromatic carbocycles. The maximum atomic E-state index is 14.0. The fraction of sp³-hybridized carbons (Fsp3) is 0.432. The maximum Gasteiger partial charge on any atom is 0.407 e. The van der Waals surface area contributed by atoms with Gasteiger partial charge in [-0.1, -0.05) is 74.5 Å². The molecular formula is C37H46N6O5S2. The zero-order valence-corrected chi connectivity index (χ0v) is 30.3. The van der Waals surface area contributed by atoms with Crippen LogP contribution in [0.4, 0.5) is 9.59 Å². The number of ether oxygens (including phenoxy) is 1. The Morgan fingerprint density at radius 1 is 0.980 bits per heavy atom. The topological polar surface area (TPSA) is 146 Å². The summed E-state index contributed by atoms with van der Waals surface area (Å²) >= 11 is 2.99. The van der Waals surface area contributed by atoms with Gasteiger partial charge in [0.05, 0.1) is 27.6 Å². The number of hydrogen-bond acceptors (Lipinski definition) is 9. The number of urea groups is 1. The molecule has 11 nitrogen and oxygen atoms in total. The van der Waals surface area contributed by atoms with Crippen molar-refractivity contribution in [2.75, 3.05) is 13.7 Å². The highest BCUT2D eigenvalue weighted by molar-refractivity contribution is 7.09. The molecule has 1 fully saturated rings. The Morgan fingerprint density at radius 3 is 2.16 bits per heavy atom. The maximum absolute atomic E-state index is 14.0. The number of carbonyl (C=O) groups is 3. The summed E-state index contributed by atoms with van der Waals surface area (Å²) in [4.78, 5) is 51.3. The smallest absolute Gasteiger partial charge is 0.407 e. The highest BCUT2D eigenvalue weighted by Gasteiger charge is 2.61. The number of nitrogens with zero attached hydrogens (tertiary/aromatic N) is 3. The molecule has 4 atom stereocenters. The van der Waals surface area contributed by atoms with Crippen LogP contribution in [0.1, 0.15) is 65.7 Å². The number of rotatable bonds is 17. The molecule has 266 valence electrons. The lowest BCUT2D eigenvalue weighted by molar-refractivity contribution is -0.125. The van der Waals surface area contributed by atoms with Crippen molar-refractivity contribution in [3.63, 3.8) is 0 Å². The molecule has 4 aromatic rings. The molecule has 4 N–H and O–H groups in total. The first-order valence-corrected chi connectivity index (χ1v) is 18.7. The number of aromatic nitrogens is 2. The molecule has 0 bridgehead atoms. The molecule has 1 aliphatic rings. The van der Waals surface area contributed by atoms with Crippen LogP contribution in [0.3, 0.4) is 0 Å². The highest BCUT2D eigenvalue weighted by atomic mass is 32.1. The van der Waals surface area contributed by atoms with Crippen LogP contribution in [0.25, 0.3) is 0 Å². The zero-order valence-electron chi connectivity index (χ0n) is 28.7. The van der Waals surface area contributed by atoms with Gasteiger partial charge >= 0.3 is 12.1 Å². The lowest BCUT2D eigenvalue weighted by Crippen LogP contribution is -2.56. The minimum Gasteiger partial charge on any atom is -0.444 e. The van der Waals surface area contributed by atoms with Gasteiger partial charge < -0.3 is 30.7 Å². The van der Waals surface area contributed by atoms with E-state index in [9.17, 15) is 19.5 Å². The lowest BCUT2D eigenvalue weighted by Gasteiger charge is -2.27. The van der Waals surface area contributed by atoms with Gasteiger partial charge in [0.2, 0.25) is 5.91 Å². The predicted octanol–water partition coefficient (Wildman–Crippen LogP) is 5.66. The number of thiazole rings is 2. The first-order chi connectivity index (χ1) is 24.1. The second-order valence-corrected chi connectivity index (χ2v) is 15.0. The Labute approximate surface area is 301 Å². The molecule has 50 heavy (non-hydrogen) atoms. The van der Waals surface area contributed by atoms with E-state index in [1.807, 2.05) is 66.0 Å². The average Bonchev–Trinajstić information content (AvgIpc) is 3.40. The van der Waals surface area contributed by atoms with Crippen molar-refractivity contribution in [1.29, 1.82) is 0 Å². The molecule has 0 radical (unpaired) electrons. The summed E-state index contributed by atoms with van der Waals surface area (Å²) in [5.74, 6) is -0.427. The van der Waals surface area contributed by atoms with Crippen molar-refractivity contribution in [3.05, 3.63) is 104 Å². The van der Waals surface area contributed by atoms with Gasteiger partial charge in [-0.2, -0.15) is 0 Å². The summed E-state index contributed by atoms with van der Waals surface area (Å²) < 4.78 is 5.48. The first-order valence-electron chi connectivity index (χ1n) is 16.9. The van der Waals surface area contributed by atoms with Gasteiger partial charge in [-0.05, 0) is 43.2 Å². The van der Waals surface area contributed by atoms with Crippen LogP contribution < -0.4 is 16.0 Å². The van der Waals surface area contributed by atoms with Gasteiger partial charge in [0, 0.05) is 49.2 Å². The number of carbonyl (C=O) groups excluding carboxylic acids is 3. The summed E-state index contributed by atoms with van der Waals surface area (Å²) in [5.41, 5.74) is 3.38. The molecule has 2 heterocycles. The van der Waals surface area contributed by atoms with Gasteiger partial charge in [-0.25, -0.2) is 14.6 Å². The first kappa shape index (κ1) is 36.9. The normalized spacial score (nSPS) is 17.8. The van der Waals surface area contributed by atoms with Crippen LogP contribution in [-0.4, -0.2) is 69.3 Å². The lowest BCUT2D eigenvalue weighted by atomic mass is 9.95. The Morgan fingerprint density at radius 2 is 1.62 bits per heavy atom. The predicted molar refractivity (Wildman–Crippen MR) is 195 cm³/mol. The summed E-state index contributed by atoms with van der Waals surface area (Å²) in [5, 5.41) is 22.3. The Bertz CT molecular complexity index is 1670. The summed E-state index contributed by atoms with van der Waals surface area (Å²) in [6.07, 6.45) is 3.73. The molecule has 4 amide bonds. The quantitative estimate of drug-likeness (QED) is 0.110. The molecule has 1 saturated carbocycles. The molecule has 1 aliphatic carbocycles. The van der Waals surface area contributed by atoms with E-state index < -0.39 is 23.6 Å². The third-order valence-electron chi connectivity index (χ3n) is 8.87. The SMILES string of the molecule is CC(C)c1nc(CN(C)C(=O)NC2(C(=O)N[C@H](CC[C@H](Cc3ccccc3)NC(=O)OCc3cncs3)Cc3ccccc3)CC2CO)cs1. The van der Waals surface area contributed by atoms with Gasteiger partial charge in [0.15, 0.2) is 0 Å². The van der Waals surface area contributed by atoms with Crippen molar-refractivity contribution < 1.29 is 24.2 Å². The van der Waals surface area contributed by atoms with Crippen molar-refractivity contribution in [2.45, 2.75) is 82.6 Å². The Kier molecular flexibility index (Phi) is 13.0. The largest absolute Gasteiger partial charge is 0.444 e. The van der Waals surface area contributed by atoms with E-state index in [4.69, 9.17) is 4.74 Å². The van der Waals surface area contributed by atoms with Gasteiger partial charge in [0.25, 0.3) is 0 Å². The van der Waals surface area contributed by atoms with E-state index in [1.54, 1.807) is 30.1 Å². The molecule has 0 aliphatic heterocycles. The van der Waals surface area contributed by atoms with Gasteiger partial charge in [-0.3, -0.25) is 9.78 Å². The van der Waals surface area contributed by atoms with Crippen molar-refractivity contribution >= 4 is 40.7 Å². The molecule has 2 aromatic heterocycles. The number of nitrogens with one attached hydrogen (secondary N) is 3. The summed E-state index contributed by atoms with van der Waals surface area (Å²) in [7, 11) is 1.67. The number of alkyl carbamates (subject to hydrolysis) is 1. The third kappa shape index (κ3) is 10.3. The minimum absolute atomic E-state index is 0.138. The Balaban J connectivity index is 1.26. The summed E-state index contributed by atoms with van der Waals surface area (Å²) in [6, 6.07) is 18.8. The van der Waals surface area contributed by atoms with Crippen molar-refractivity contribution in [1.82, 2.24) is 30.8 Å². The van der Waals surface area contributed by atoms with Crippen LogP contribution in [0.15, 0.2) is 77.8 Å². The molecule has 0 saturated heterocycles. The average molecular weight is 719 g/mol. The van der Waals surface area contributed by atoms with Crippen LogP contribution >= 0.6 is 22.7 Å². The van der Waals surface area contributed by atoms with E-state index in [-0.39, 0.29) is 31.2 Å². The molecule has 13 heteroatoms. The fourth-order valence-electron chi connectivity index (χ4n) is 5.92. The van der Waals surface area contributed by atoms with E-state index in [0.29, 0.717) is 44.6 Å². The number of hydrogen-bond donors (Lipinski definition) is 4. The molecule has 5 rings (SSSR count). The standard InChI is InChI=1S/C37H46N6O5S2/c1-25(2)33-39-31(23-49-33)20-43(3)35(46)42-37(18-28(37)21-44)34(45)40-29(16-26-10-6-4-7-11-26)14-15-30(17-27-12-8-5-9-13-27)41-36(47)48-22-32-19-38-24-50-32/h4-13,19,23-25,28-30,44H,14-18,20-22H2,1-3H3,(H,40,45)(H,41,47)(H,42,46)/t28?,29-,30-,37?/m1/s1. The minimum atomic E-state index is -1.22. The van der Waals surface area contributed by atoms with Gasteiger partial charge in [0.1, 0.15) is 12.1 Å². The number of benzene rings is 2. The zero-order chi connectivity index (χ0) is 35.5. The molecule has 2 unspecified atom stereocenters. The number of aliphatic hydroxyl groups is 1. The van der Waals surface area contributed by atoms with Crippen LogP contribution in [0.2, 0.25) is 0 Å². The second-order valence-electron chi connectivity index (χ2n) is 13.2. The van der Waals surface area contributed by atoms with Crippen LogP contribution in [-0.2, 0) is 35.5 Å². The van der Waals surface area contributed by atoms with Crippen molar-refractivity contribution in [3.8, 4) is 0 Å².